The maximum atomic E-state index is 12.0. The molecule has 0 amide bonds. The highest BCUT2D eigenvalue weighted by Gasteiger charge is 2.33. The Morgan fingerprint density at radius 2 is 1.84 bits per heavy atom. The lowest BCUT2D eigenvalue weighted by molar-refractivity contribution is -0.144. The van der Waals surface area contributed by atoms with Gasteiger partial charge >= 0.3 is 5.97 Å². The first-order valence-electron chi connectivity index (χ1n) is 9.12. The molecule has 138 valence electrons. The van der Waals surface area contributed by atoms with Crippen LogP contribution < -0.4 is 0 Å². The number of rotatable bonds is 5. The van der Waals surface area contributed by atoms with Crippen molar-refractivity contribution < 1.29 is 9.90 Å². The lowest BCUT2D eigenvalue weighted by Gasteiger charge is -2.43. The highest BCUT2D eigenvalue weighted by Crippen LogP contribution is 2.27. The van der Waals surface area contributed by atoms with Crippen molar-refractivity contribution in [2.75, 3.05) is 52.6 Å². The van der Waals surface area contributed by atoms with Crippen LogP contribution in [0, 0.1) is 0 Å². The topological polar surface area (TPSA) is 47.0 Å². The fraction of sp³-hybridized carbons (Fsp3) is 0.632. The van der Waals surface area contributed by atoms with E-state index in [1.165, 1.54) is 25.9 Å². The smallest absolute Gasteiger partial charge is 0.325 e. The Bertz CT molecular complexity index is 582. The fourth-order valence-electron chi connectivity index (χ4n) is 4.04. The summed E-state index contributed by atoms with van der Waals surface area (Å²) >= 11 is 1.65. The summed E-state index contributed by atoms with van der Waals surface area (Å²) in [5.74, 6) is -0.744. The Kier molecular flexibility index (Phi) is 6.39. The molecule has 0 spiro atoms. The number of piperazine rings is 1. The van der Waals surface area contributed by atoms with Crippen LogP contribution in [-0.4, -0.2) is 84.4 Å². The lowest BCUT2D eigenvalue weighted by Crippen LogP contribution is -2.54. The van der Waals surface area contributed by atoms with Crippen LogP contribution in [0.3, 0.4) is 0 Å². The van der Waals surface area contributed by atoms with E-state index in [0.29, 0.717) is 6.04 Å². The van der Waals surface area contributed by atoms with Crippen molar-refractivity contribution in [2.45, 2.75) is 29.8 Å². The van der Waals surface area contributed by atoms with Crippen molar-refractivity contribution >= 4 is 17.7 Å². The van der Waals surface area contributed by atoms with Crippen molar-refractivity contribution in [3.63, 3.8) is 0 Å². The van der Waals surface area contributed by atoms with Crippen LogP contribution in [0.15, 0.2) is 29.2 Å². The number of nitrogens with zero attached hydrogens (tertiary/aromatic N) is 3. The normalized spacial score (nSPS) is 22.8. The monoisotopic (exact) mass is 363 g/mol. The number of hydrogen-bond donors (Lipinski definition) is 1. The van der Waals surface area contributed by atoms with E-state index in [4.69, 9.17) is 0 Å². The van der Waals surface area contributed by atoms with Gasteiger partial charge < -0.3 is 10.0 Å². The van der Waals surface area contributed by atoms with Gasteiger partial charge in [-0.3, -0.25) is 14.6 Å². The van der Waals surface area contributed by atoms with E-state index in [-0.39, 0.29) is 0 Å². The summed E-state index contributed by atoms with van der Waals surface area (Å²) in [4.78, 5) is 20.2. The number of carboxylic acids is 1. The SMILES string of the molecule is CSc1cccc([C@@H](C(=O)O)N2CCN(C3CCN(C)CC3)CC2)c1. The Hall–Kier alpha value is -1.08. The average molecular weight is 364 g/mol. The predicted octanol–water partition coefficient (Wildman–Crippen LogP) is 2.25. The molecule has 2 heterocycles. The number of likely N-dealkylation sites (tertiary alicyclic amines) is 1. The highest BCUT2D eigenvalue weighted by molar-refractivity contribution is 7.98. The Balaban J connectivity index is 1.63. The van der Waals surface area contributed by atoms with Crippen molar-refractivity contribution in [3.05, 3.63) is 29.8 Å². The quantitative estimate of drug-likeness (QED) is 0.810. The molecule has 0 bridgehead atoms. The summed E-state index contributed by atoms with van der Waals surface area (Å²) in [6.07, 6.45) is 4.48. The number of carbonyl (C=O) groups is 1. The van der Waals surface area contributed by atoms with Crippen molar-refractivity contribution in [1.29, 1.82) is 0 Å². The predicted molar refractivity (Wildman–Crippen MR) is 102 cm³/mol. The third-order valence-electron chi connectivity index (χ3n) is 5.56. The molecule has 2 aliphatic heterocycles. The molecule has 2 aliphatic rings. The zero-order valence-corrected chi connectivity index (χ0v) is 16.0. The zero-order valence-electron chi connectivity index (χ0n) is 15.2. The Morgan fingerprint density at radius 1 is 1.16 bits per heavy atom. The molecule has 3 rings (SSSR count). The largest absolute Gasteiger partial charge is 0.480 e. The molecule has 2 saturated heterocycles. The first-order valence-corrected chi connectivity index (χ1v) is 10.3. The summed E-state index contributed by atoms with van der Waals surface area (Å²) in [6.45, 7) is 5.94. The van der Waals surface area contributed by atoms with Crippen molar-refractivity contribution in [1.82, 2.24) is 14.7 Å². The van der Waals surface area contributed by atoms with Crippen LogP contribution in [0.25, 0.3) is 0 Å². The molecule has 0 aliphatic carbocycles. The first-order chi connectivity index (χ1) is 12.1. The highest BCUT2D eigenvalue weighted by atomic mass is 32.2. The van der Waals surface area contributed by atoms with Gasteiger partial charge in [-0.15, -0.1) is 11.8 Å². The minimum Gasteiger partial charge on any atom is -0.480 e. The molecule has 1 aromatic carbocycles. The molecule has 0 saturated carbocycles. The summed E-state index contributed by atoms with van der Waals surface area (Å²) < 4.78 is 0. The molecule has 2 fully saturated rings. The van der Waals surface area contributed by atoms with Gasteiger partial charge in [-0.1, -0.05) is 12.1 Å². The third-order valence-corrected chi connectivity index (χ3v) is 6.29. The van der Waals surface area contributed by atoms with E-state index in [1.54, 1.807) is 11.8 Å². The third kappa shape index (κ3) is 4.56. The fourth-order valence-corrected chi connectivity index (χ4v) is 4.51. The van der Waals surface area contributed by atoms with Gasteiger partial charge in [0, 0.05) is 37.1 Å². The molecule has 1 N–H and O–H groups in total. The maximum Gasteiger partial charge on any atom is 0.325 e. The van der Waals surface area contributed by atoms with E-state index in [2.05, 4.69) is 21.7 Å². The maximum absolute atomic E-state index is 12.0. The number of thioether (sulfide) groups is 1. The Morgan fingerprint density at radius 3 is 2.44 bits per heavy atom. The molecule has 6 heteroatoms. The second-order valence-corrected chi connectivity index (χ2v) is 8.00. The molecule has 1 aromatic rings. The van der Waals surface area contributed by atoms with Crippen LogP contribution in [0.5, 0.6) is 0 Å². The van der Waals surface area contributed by atoms with Gasteiger partial charge in [0.25, 0.3) is 0 Å². The summed E-state index contributed by atoms with van der Waals surface area (Å²) in [5.41, 5.74) is 0.895. The van der Waals surface area contributed by atoms with Gasteiger partial charge in [0.15, 0.2) is 0 Å². The van der Waals surface area contributed by atoms with E-state index in [0.717, 1.165) is 36.6 Å². The van der Waals surface area contributed by atoms with Crippen LogP contribution >= 0.6 is 11.8 Å². The molecular weight excluding hydrogens is 334 g/mol. The molecule has 0 aromatic heterocycles. The number of aliphatic carboxylic acids is 1. The van der Waals surface area contributed by atoms with Gasteiger partial charge in [0.1, 0.15) is 6.04 Å². The molecule has 0 unspecified atom stereocenters. The van der Waals surface area contributed by atoms with E-state index in [9.17, 15) is 9.90 Å². The molecule has 25 heavy (non-hydrogen) atoms. The minimum atomic E-state index is -0.744. The number of benzene rings is 1. The second-order valence-electron chi connectivity index (χ2n) is 7.12. The summed E-state index contributed by atoms with van der Waals surface area (Å²) in [5, 5.41) is 9.82. The standard InChI is InChI=1S/C19H29N3O2S/c1-20-8-6-16(7-9-20)21-10-12-22(13-11-21)18(19(23)24)15-4-3-5-17(14-15)25-2/h3-5,14,16,18H,6-13H2,1-2H3,(H,23,24)/t18-/m0/s1. The van der Waals surface area contributed by atoms with Gasteiger partial charge in [-0.05, 0) is 56.9 Å². The van der Waals surface area contributed by atoms with E-state index >= 15 is 0 Å². The second kappa shape index (κ2) is 8.54. The van der Waals surface area contributed by atoms with Gasteiger partial charge in [-0.2, -0.15) is 0 Å². The van der Waals surface area contributed by atoms with Crippen LogP contribution in [0.1, 0.15) is 24.4 Å². The van der Waals surface area contributed by atoms with Gasteiger partial charge in [-0.25, -0.2) is 0 Å². The van der Waals surface area contributed by atoms with Crippen LogP contribution in [0.2, 0.25) is 0 Å². The average Bonchev–Trinajstić information content (AvgIpc) is 2.63. The first kappa shape index (κ1) is 18.7. The summed E-state index contributed by atoms with van der Waals surface area (Å²) in [6, 6.07) is 8.10. The van der Waals surface area contributed by atoms with Crippen LogP contribution in [-0.2, 0) is 4.79 Å². The number of piperidine rings is 1. The van der Waals surface area contributed by atoms with Gasteiger partial charge in [0.05, 0.1) is 0 Å². The zero-order chi connectivity index (χ0) is 17.8. The minimum absolute atomic E-state index is 0.535. The summed E-state index contributed by atoms with van der Waals surface area (Å²) in [7, 11) is 2.19. The number of hydrogen-bond acceptors (Lipinski definition) is 5. The van der Waals surface area contributed by atoms with Crippen molar-refractivity contribution in [2.24, 2.45) is 0 Å². The number of carboxylic acid groups (broad SMARTS) is 1. The van der Waals surface area contributed by atoms with Crippen molar-refractivity contribution in [3.8, 4) is 0 Å². The lowest BCUT2D eigenvalue weighted by atomic mass is 10.0. The van der Waals surface area contributed by atoms with Gasteiger partial charge in [0.2, 0.25) is 0 Å². The molecule has 1 atom stereocenters. The molecular formula is C19H29N3O2S. The molecule has 5 nitrogen and oxygen atoms in total. The molecule has 0 radical (unpaired) electrons. The van der Waals surface area contributed by atoms with E-state index in [1.807, 2.05) is 30.5 Å². The van der Waals surface area contributed by atoms with E-state index < -0.39 is 12.0 Å². The van der Waals surface area contributed by atoms with Crippen LogP contribution in [0.4, 0.5) is 0 Å². The Labute approximate surface area is 155 Å².